The van der Waals surface area contributed by atoms with Crippen LogP contribution in [-0.4, -0.2) is 21.5 Å². The number of aromatic amines is 1. The summed E-state index contributed by atoms with van der Waals surface area (Å²) in [6, 6.07) is 4.62. The standard InChI is InChI=1S/C11H8Cl2N4O2/c12-7-3-6(1-2-9(7)18)4-14-16-8-5-15-17-11(19)10(8)13/h1-5,18H,(H2,16,17,19)/b14-4-. The quantitative estimate of drug-likeness (QED) is 0.599. The number of phenolic OH excluding ortho intramolecular Hbond substituents is 1. The van der Waals surface area contributed by atoms with Crippen LogP contribution in [-0.2, 0) is 0 Å². The van der Waals surface area contributed by atoms with E-state index in [0.717, 1.165) is 0 Å². The van der Waals surface area contributed by atoms with Gasteiger partial charge in [0.2, 0.25) is 0 Å². The number of aromatic nitrogens is 2. The van der Waals surface area contributed by atoms with E-state index in [9.17, 15) is 9.90 Å². The number of nitrogens with one attached hydrogen (secondary N) is 2. The van der Waals surface area contributed by atoms with Crippen molar-refractivity contribution in [2.75, 3.05) is 5.43 Å². The smallest absolute Gasteiger partial charge is 0.285 e. The fourth-order valence-corrected chi connectivity index (χ4v) is 1.56. The van der Waals surface area contributed by atoms with Crippen LogP contribution in [0.15, 0.2) is 34.3 Å². The summed E-state index contributed by atoms with van der Waals surface area (Å²) in [7, 11) is 0. The minimum Gasteiger partial charge on any atom is -0.506 e. The Balaban J connectivity index is 2.13. The Morgan fingerprint density at radius 3 is 2.95 bits per heavy atom. The first-order chi connectivity index (χ1) is 9.08. The van der Waals surface area contributed by atoms with Crippen molar-refractivity contribution >= 4 is 35.1 Å². The average molecular weight is 299 g/mol. The Kier molecular flexibility index (Phi) is 4.03. The van der Waals surface area contributed by atoms with Gasteiger partial charge in [-0.3, -0.25) is 10.2 Å². The fraction of sp³-hybridized carbons (Fsp3) is 0. The van der Waals surface area contributed by atoms with E-state index in [4.69, 9.17) is 23.2 Å². The Labute approximate surface area is 117 Å². The van der Waals surface area contributed by atoms with Crippen molar-refractivity contribution in [1.29, 1.82) is 0 Å². The number of hydrazone groups is 1. The Bertz CT molecular complexity index is 685. The van der Waals surface area contributed by atoms with Crippen LogP contribution >= 0.6 is 23.2 Å². The Hall–Kier alpha value is -2.05. The van der Waals surface area contributed by atoms with Gasteiger partial charge in [-0.15, -0.1) is 0 Å². The number of hydrogen-bond acceptors (Lipinski definition) is 5. The molecule has 0 aliphatic carbocycles. The molecular weight excluding hydrogens is 291 g/mol. The number of rotatable bonds is 3. The summed E-state index contributed by atoms with van der Waals surface area (Å²) in [6.45, 7) is 0. The predicted molar refractivity (Wildman–Crippen MR) is 74.2 cm³/mol. The number of hydrogen-bond donors (Lipinski definition) is 3. The lowest BCUT2D eigenvalue weighted by Gasteiger charge is -2.01. The zero-order valence-electron chi connectivity index (χ0n) is 9.39. The second-order valence-electron chi connectivity index (χ2n) is 3.51. The Morgan fingerprint density at radius 2 is 2.21 bits per heavy atom. The third-order valence-corrected chi connectivity index (χ3v) is 2.84. The lowest BCUT2D eigenvalue weighted by molar-refractivity contribution is 0.475. The summed E-state index contributed by atoms with van der Waals surface area (Å²) in [6.07, 6.45) is 2.80. The van der Waals surface area contributed by atoms with E-state index in [1.54, 1.807) is 12.1 Å². The van der Waals surface area contributed by atoms with Gasteiger partial charge >= 0.3 is 0 Å². The molecule has 6 nitrogen and oxygen atoms in total. The molecule has 0 atom stereocenters. The molecule has 0 fully saturated rings. The van der Waals surface area contributed by atoms with Gasteiger partial charge in [0.05, 0.1) is 17.4 Å². The summed E-state index contributed by atoms with van der Waals surface area (Å²) in [5.74, 6) is -0.00591. The largest absolute Gasteiger partial charge is 0.506 e. The van der Waals surface area contributed by atoms with Crippen LogP contribution in [0.5, 0.6) is 5.75 Å². The number of H-pyrrole nitrogens is 1. The molecule has 2 aromatic rings. The molecule has 1 aromatic carbocycles. The molecule has 1 aromatic heterocycles. The fourth-order valence-electron chi connectivity index (χ4n) is 1.24. The second kappa shape index (κ2) is 5.73. The summed E-state index contributed by atoms with van der Waals surface area (Å²) in [5, 5.41) is 19.1. The van der Waals surface area contributed by atoms with Crippen LogP contribution in [0, 0.1) is 0 Å². The zero-order valence-corrected chi connectivity index (χ0v) is 10.9. The molecule has 0 saturated heterocycles. The summed E-state index contributed by atoms with van der Waals surface area (Å²) < 4.78 is 0. The van der Waals surface area contributed by atoms with E-state index in [-0.39, 0.29) is 21.5 Å². The lowest BCUT2D eigenvalue weighted by atomic mass is 10.2. The molecule has 1 heterocycles. The first-order valence-electron chi connectivity index (χ1n) is 5.08. The summed E-state index contributed by atoms with van der Waals surface area (Å²) >= 11 is 11.5. The normalized spacial score (nSPS) is 10.8. The SMILES string of the molecule is O=c1[nH]ncc(N/N=C\c2ccc(O)c(Cl)c2)c1Cl. The van der Waals surface area contributed by atoms with Crippen LogP contribution in [0.3, 0.4) is 0 Å². The van der Waals surface area contributed by atoms with E-state index in [1.807, 2.05) is 0 Å². The lowest BCUT2D eigenvalue weighted by Crippen LogP contribution is -2.10. The minimum absolute atomic E-state index is 0.00591. The van der Waals surface area contributed by atoms with Crippen molar-refractivity contribution in [3.8, 4) is 5.75 Å². The van der Waals surface area contributed by atoms with Gasteiger partial charge in [-0.2, -0.15) is 10.2 Å². The first-order valence-corrected chi connectivity index (χ1v) is 5.84. The minimum atomic E-state index is -0.505. The molecule has 0 saturated carbocycles. The third-order valence-electron chi connectivity index (χ3n) is 2.17. The molecule has 19 heavy (non-hydrogen) atoms. The van der Waals surface area contributed by atoms with Gasteiger partial charge in [0.1, 0.15) is 16.5 Å². The molecule has 0 aliphatic rings. The van der Waals surface area contributed by atoms with Crippen molar-refractivity contribution in [2.24, 2.45) is 5.10 Å². The molecule has 0 bridgehead atoms. The van der Waals surface area contributed by atoms with Gasteiger partial charge in [0.25, 0.3) is 5.56 Å². The van der Waals surface area contributed by atoms with Gasteiger partial charge in [-0.1, -0.05) is 23.2 Å². The number of benzene rings is 1. The van der Waals surface area contributed by atoms with Crippen molar-refractivity contribution in [1.82, 2.24) is 10.2 Å². The highest BCUT2D eigenvalue weighted by Gasteiger charge is 2.03. The number of phenols is 1. The molecule has 0 unspecified atom stereocenters. The highest BCUT2D eigenvalue weighted by Crippen LogP contribution is 2.22. The van der Waals surface area contributed by atoms with Crippen molar-refractivity contribution in [2.45, 2.75) is 0 Å². The van der Waals surface area contributed by atoms with E-state index in [0.29, 0.717) is 5.56 Å². The van der Waals surface area contributed by atoms with Gasteiger partial charge in [-0.25, -0.2) is 5.10 Å². The molecular formula is C11H8Cl2N4O2. The molecule has 0 radical (unpaired) electrons. The molecule has 0 aliphatic heterocycles. The predicted octanol–water partition coefficient (Wildman–Crippen LogP) is 2.23. The molecule has 2 rings (SSSR count). The van der Waals surface area contributed by atoms with Crippen molar-refractivity contribution in [3.63, 3.8) is 0 Å². The molecule has 98 valence electrons. The highest BCUT2D eigenvalue weighted by molar-refractivity contribution is 6.33. The maximum Gasteiger partial charge on any atom is 0.285 e. The summed E-state index contributed by atoms with van der Waals surface area (Å²) in [5.41, 5.74) is 3.04. The van der Waals surface area contributed by atoms with E-state index in [1.165, 1.54) is 18.5 Å². The van der Waals surface area contributed by atoms with Crippen LogP contribution in [0.25, 0.3) is 0 Å². The van der Waals surface area contributed by atoms with E-state index >= 15 is 0 Å². The van der Waals surface area contributed by atoms with Crippen LogP contribution in [0.2, 0.25) is 10.0 Å². The monoisotopic (exact) mass is 298 g/mol. The molecule has 3 N–H and O–H groups in total. The van der Waals surface area contributed by atoms with Gasteiger partial charge in [-0.05, 0) is 23.8 Å². The van der Waals surface area contributed by atoms with E-state index < -0.39 is 5.56 Å². The molecule has 8 heteroatoms. The maximum atomic E-state index is 11.2. The van der Waals surface area contributed by atoms with Gasteiger partial charge in [0, 0.05) is 0 Å². The van der Waals surface area contributed by atoms with Crippen LogP contribution in [0.4, 0.5) is 5.69 Å². The maximum absolute atomic E-state index is 11.2. The van der Waals surface area contributed by atoms with Gasteiger partial charge in [0.15, 0.2) is 0 Å². The average Bonchev–Trinajstić information content (AvgIpc) is 2.39. The molecule has 0 amide bonds. The number of halogens is 2. The van der Waals surface area contributed by atoms with Gasteiger partial charge < -0.3 is 5.11 Å². The molecule has 0 spiro atoms. The highest BCUT2D eigenvalue weighted by atomic mass is 35.5. The topological polar surface area (TPSA) is 90.4 Å². The number of nitrogens with zero attached hydrogens (tertiary/aromatic N) is 2. The Morgan fingerprint density at radius 1 is 1.42 bits per heavy atom. The van der Waals surface area contributed by atoms with Crippen LogP contribution < -0.4 is 11.0 Å². The van der Waals surface area contributed by atoms with Crippen molar-refractivity contribution < 1.29 is 5.11 Å². The van der Waals surface area contributed by atoms with Crippen LogP contribution in [0.1, 0.15) is 5.56 Å². The number of anilines is 1. The summed E-state index contributed by atoms with van der Waals surface area (Å²) in [4.78, 5) is 11.2. The zero-order chi connectivity index (χ0) is 13.8. The van der Waals surface area contributed by atoms with E-state index in [2.05, 4.69) is 20.7 Å². The second-order valence-corrected chi connectivity index (χ2v) is 4.29. The number of aromatic hydroxyl groups is 1. The third kappa shape index (κ3) is 3.24. The first kappa shape index (κ1) is 13.4. The van der Waals surface area contributed by atoms with Crippen molar-refractivity contribution in [3.05, 3.63) is 50.4 Å².